The Hall–Kier alpha value is -2.61. The quantitative estimate of drug-likeness (QED) is 0.527. The molecule has 1 aliphatic rings. The number of rotatable bonds is 4. The molecule has 1 saturated carbocycles. The first kappa shape index (κ1) is 16.8. The van der Waals surface area contributed by atoms with Gasteiger partial charge < -0.3 is 10.1 Å². The van der Waals surface area contributed by atoms with Crippen LogP contribution in [0.3, 0.4) is 0 Å². The lowest BCUT2D eigenvalue weighted by atomic mass is 9.95. The molecule has 1 amide bonds. The largest absolute Gasteiger partial charge is 0.465 e. The number of nitrogens with one attached hydrogen (secondary N) is 1. The van der Waals surface area contributed by atoms with Crippen molar-refractivity contribution in [2.45, 2.75) is 38.1 Å². The number of carbonyl (C=O) groups is 2. The van der Waals surface area contributed by atoms with Gasteiger partial charge in [0.05, 0.1) is 12.7 Å². The van der Waals surface area contributed by atoms with Crippen LogP contribution in [0.4, 0.5) is 0 Å². The number of ether oxygens (including phenoxy) is 1. The minimum absolute atomic E-state index is 0.0707. The molecule has 120 valence electrons. The molecule has 2 rings (SSSR count). The van der Waals surface area contributed by atoms with E-state index in [1.165, 1.54) is 19.6 Å². The molecular weight excluding hydrogens is 292 g/mol. The molecule has 5 nitrogen and oxygen atoms in total. The van der Waals surface area contributed by atoms with E-state index in [4.69, 9.17) is 0 Å². The highest BCUT2D eigenvalue weighted by molar-refractivity contribution is 6.02. The Balaban J connectivity index is 2.06. The SMILES string of the molecule is COC(=O)c1ccc(/C=C(/C#N)C(=O)NC2CCCCC2)cc1. The van der Waals surface area contributed by atoms with Gasteiger partial charge in [0.25, 0.3) is 5.91 Å². The van der Waals surface area contributed by atoms with Crippen molar-refractivity contribution < 1.29 is 14.3 Å². The summed E-state index contributed by atoms with van der Waals surface area (Å²) in [6.07, 6.45) is 6.91. The predicted octanol–water partition coefficient (Wildman–Crippen LogP) is 2.83. The first-order chi connectivity index (χ1) is 11.1. The van der Waals surface area contributed by atoms with Gasteiger partial charge in [-0.3, -0.25) is 4.79 Å². The summed E-state index contributed by atoms with van der Waals surface area (Å²) in [4.78, 5) is 23.6. The predicted molar refractivity (Wildman–Crippen MR) is 86.4 cm³/mol. The maximum atomic E-state index is 12.2. The molecule has 1 fully saturated rings. The smallest absolute Gasteiger partial charge is 0.337 e. The zero-order valence-electron chi connectivity index (χ0n) is 13.2. The summed E-state index contributed by atoms with van der Waals surface area (Å²) in [5, 5.41) is 12.1. The number of esters is 1. The number of hydrogen-bond acceptors (Lipinski definition) is 4. The lowest BCUT2D eigenvalue weighted by Gasteiger charge is -2.22. The van der Waals surface area contributed by atoms with Gasteiger partial charge in [-0.1, -0.05) is 31.4 Å². The molecule has 0 aliphatic heterocycles. The van der Waals surface area contributed by atoms with Crippen LogP contribution in [-0.4, -0.2) is 25.0 Å². The Morgan fingerprint density at radius 1 is 1.22 bits per heavy atom. The molecule has 1 N–H and O–H groups in total. The van der Waals surface area contributed by atoms with E-state index in [1.807, 2.05) is 6.07 Å². The standard InChI is InChI=1S/C18H20N2O3/c1-23-18(22)14-9-7-13(8-10-14)11-15(12-19)17(21)20-16-5-3-2-4-6-16/h7-11,16H,2-6H2,1H3,(H,20,21)/b15-11-. The van der Waals surface area contributed by atoms with E-state index in [-0.39, 0.29) is 17.5 Å². The van der Waals surface area contributed by atoms with E-state index in [0.717, 1.165) is 25.7 Å². The van der Waals surface area contributed by atoms with E-state index >= 15 is 0 Å². The highest BCUT2D eigenvalue weighted by Gasteiger charge is 2.18. The molecule has 1 aliphatic carbocycles. The molecule has 0 heterocycles. The third-order valence-electron chi connectivity index (χ3n) is 3.95. The number of hydrogen-bond donors (Lipinski definition) is 1. The Morgan fingerprint density at radius 2 is 1.87 bits per heavy atom. The van der Waals surface area contributed by atoms with Gasteiger partial charge >= 0.3 is 5.97 Å². The fraction of sp³-hybridized carbons (Fsp3) is 0.389. The summed E-state index contributed by atoms with van der Waals surface area (Å²) < 4.78 is 4.63. The molecule has 23 heavy (non-hydrogen) atoms. The van der Waals surface area contributed by atoms with Gasteiger partial charge in [-0.25, -0.2) is 4.79 Å². The number of amides is 1. The van der Waals surface area contributed by atoms with Gasteiger partial charge in [0.15, 0.2) is 0 Å². The van der Waals surface area contributed by atoms with Crippen LogP contribution in [0.15, 0.2) is 29.8 Å². The van der Waals surface area contributed by atoms with Gasteiger partial charge in [0.1, 0.15) is 11.6 Å². The molecule has 1 aromatic rings. The number of methoxy groups -OCH3 is 1. The van der Waals surface area contributed by atoms with Crippen molar-refractivity contribution in [1.82, 2.24) is 5.32 Å². The van der Waals surface area contributed by atoms with Gasteiger partial charge in [-0.2, -0.15) is 5.26 Å². The van der Waals surface area contributed by atoms with Crippen LogP contribution < -0.4 is 5.32 Å². The third kappa shape index (κ3) is 4.68. The zero-order chi connectivity index (χ0) is 16.7. The lowest BCUT2D eigenvalue weighted by molar-refractivity contribution is -0.117. The van der Waals surface area contributed by atoms with Gasteiger partial charge in [-0.15, -0.1) is 0 Å². The Labute approximate surface area is 135 Å². The summed E-state index contributed by atoms with van der Waals surface area (Å²) >= 11 is 0. The van der Waals surface area contributed by atoms with E-state index in [1.54, 1.807) is 24.3 Å². The van der Waals surface area contributed by atoms with Crippen LogP contribution in [-0.2, 0) is 9.53 Å². The maximum absolute atomic E-state index is 12.2. The van der Waals surface area contributed by atoms with Crippen molar-refractivity contribution >= 4 is 18.0 Å². The average molecular weight is 312 g/mol. The van der Waals surface area contributed by atoms with Crippen molar-refractivity contribution in [2.75, 3.05) is 7.11 Å². The second-order valence-corrected chi connectivity index (χ2v) is 5.59. The molecule has 5 heteroatoms. The van der Waals surface area contributed by atoms with E-state index < -0.39 is 5.97 Å². The number of benzene rings is 1. The normalized spacial score (nSPS) is 15.6. The van der Waals surface area contributed by atoms with Crippen LogP contribution in [0.5, 0.6) is 0 Å². The summed E-state index contributed by atoms with van der Waals surface area (Å²) in [6.45, 7) is 0. The van der Waals surface area contributed by atoms with Crippen molar-refractivity contribution in [3.63, 3.8) is 0 Å². The van der Waals surface area contributed by atoms with Crippen LogP contribution >= 0.6 is 0 Å². The van der Waals surface area contributed by atoms with E-state index in [9.17, 15) is 14.9 Å². The fourth-order valence-electron chi connectivity index (χ4n) is 2.66. The van der Waals surface area contributed by atoms with Crippen molar-refractivity contribution in [3.05, 3.63) is 41.0 Å². The second-order valence-electron chi connectivity index (χ2n) is 5.59. The van der Waals surface area contributed by atoms with Gasteiger partial charge in [-0.05, 0) is 36.6 Å². The van der Waals surface area contributed by atoms with Crippen LogP contribution in [0.1, 0.15) is 48.0 Å². The topological polar surface area (TPSA) is 79.2 Å². The summed E-state index contributed by atoms with van der Waals surface area (Å²) in [7, 11) is 1.32. The van der Waals surface area contributed by atoms with Gasteiger partial charge in [0.2, 0.25) is 0 Å². The van der Waals surface area contributed by atoms with Crippen molar-refractivity contribution in [1.29, 1.82) is 5.26 Å². The van der Waals surface area contributed by atoms with E-state index in [2.05, 4.69) is 10.1 Å². The molecule has 0 unspecified atom stereocenters. The molecule has 0 bridgehead atoms. The monoisotopic (exact) mass is 312 g/mol. The summed E-state index contributed by atoms with van der Waals surface area (Å²) in [6, 6.07) is 8.67. The summed E-state index contributed by atoms with van der Waals surface area (Å²) in [5.74, 6) is -0.757. The Morgan fingerprint density at radius 3 is 2.43 bits per heavy atom. The summed E-state index contributed by atoms with van der Waals surface area (Å²) in [5.41, 5.74) is 1.18. The first-order valence-corrected chi connectivity index (χ1v) is 7.75. The molecule has 0 aromatic heterocycles. The number of carbonyl (C=O) groups excluding carboxylic acids is 2. The highest BCUT2D eigenvalue weighted by Crippen LogP contribution is 2.18. The first-order valence-electron chi connectivity index (χ1n) is 7.75. The Bertz CT molecular complexity index is 635. The van der Waals surface area contributed by atoms with Crippen molar-refractivity contribution in [2.24, 2.45) is 0 Å². The third-order valence-corrected chi connectivity index (χ3v) is 3.95. The van der Waals surface area contributed by atoms with Crippen LogP contribution in [0, 0.1) is 11.3 Å². The molecule has 0 spiro atoms. The molecule has 0 atom stereocenters. The number of nitrogens with zero attached hydrogens (tertiary/aromatic N) is 1. The lowest BCUT2D eigenvalue weighted by Crippen LogP contribution is -2.36. The minimum Gasteiger partial charge on any atom is -0.465 e. The van der Waals surface area contributed by atoms with Gasteiger partial charge in [0, 0.05) is 6.04 Å². The van der Waals surface area contributed by atoms with Crippen LogP contribution in [0.25, 0.3) is 6.08 Å². The van der Waals surface area contributed by atoms with Crippen molar-refractivity contribution in [3.8, 4) is 6.07 Å². The number of nitriles is 1. The zero-order valence-corrected chi connectivity index (χ0v) is 13.2. The maximum Gasteiger partial charge on any atom is 0.337 e. The molecule has 0 saturated heterocycles. The fourth-order valence-corrected chi connectivity index (χ4v) is 2.66. The Kier molecular flexibility index (Phi) is 5.93. The highest BCUT2D eigenvalue weighted by atomic mass is 16.5. The van der Waals surface area contributed by atoms with E-state index in [0.29, 0.717) is 11.1 Å². The molecule has 1 aromatic carbocycles. The average Bonchev–Trinajstić information content (AvgIpc) is 2.60. The van der Waals surface area contributed by atoms with Crippen LogP contribution in [0.2, 0.25) is 0 Å². The minimum atomic E-state index is -0.420. The molecule has 0 radical (unpaired) electrons. The molecular formula is C18H20N2O3. The second kappa shape index (κ2) is 8.14.